The number of nitrogens with zero attached hydrogens (tertiary/aromatic N) is 1. The molecule has 1 aliphatic heterocycles. The largest absolute Gasteiger partial charge is 0.479 e. The molecule has 1 fully saturated rings. The number of hydrogen-bond donors (Lipinski definition) is 4. The number of hydrogen-bond acceptors (Lipinski definition) is 7. The lowest BCUT2D eigenvalue weighted by atomic mass is 9.95. The molecule has 0 bridgehead atoms. The van der Waals surface area contributed by atoms with Crippen LogP contribution in [0, 0.1) is 0 Å². The molecule has 0 aliphatic carbocycles. The molecule has 5 atom stereocenters. The lowest BCUT2D eigenvalue weighted by Crippen LogP contribution is -2.60. The van der Waals surface area contributed by atoms with Crippen molar-refractivity contribution < 1.29 is 47.0 Å². The first kappa shape index (κ1) is 22.2. The summed E-state index contributed by atoms with van der Waals surface area (Å²) in [7, 11) is -0.262. The number of carbonyl (C=O) groups is 1. The summed E-state index contributed by atoms with van der Waals surface area (Å²) in [5.74, 6) is -1.67. The minimum absolute atomic E-state index is 0.193. The van der Waals surface area contributed by atoms with Crippen molar-refractivity contribution in [1.29, 1.82) is 0 Å². The van der Waals surface area contributed by atoms with E-state index in [4.69, 9.17) is 19.1 Å². The third-order valence-electron chi connectivity index (χ3n) is 4.24. The Hall–Kier alpha value is -0.820. The molecule has 1 rings (SSSR count). The van der Waals surface area contributed by atoms with E-state index in [0.29, 0.717) is 17.6 Å². The van der Waals surface area contributed by atoms with E-state index in [1.54, 1.807) is 6.92 Å². The topological polar surface area (TPSA) is 151 Å². The average Bonchev–Trinajstić information content (AvgIpc) is 2.44. The van der Waals surface area contributed by atoms with Crippen molar-refractivity contribution >= 4 is 16.1 Å². The van der Waals surface area contributed by atoms with Crippen molar-refractivity contribution in [2.45, 2.75) is 43.9 Å². The summed E-state index contributed by atoms with van der Waals surface area (Å²) in [5.41, 5.74) is 0. The van der Waals surface area contributed by atoms with Gasteiger partial charge in [0.2, 0.25) is 0 Å². The highest BCUT2D eigenvalue weighted by atomic mass is 32.2. The van der Waals surface area contributed by atoms with Crippen LogP contribution in [-0.2, 0) is 24.4 Å². The predicted octanol–water partition coefficient (Wildman–Crippen LogP) is -1.68. The van der Waals surface area contributed by atoms with Crippen LogP contribution in [0.3, 0.4) is 0 Å². The molecule has 0 aromatic carbocycles. The number of aliphatic hydroxyl groups excluding tert-OH is 2. The number of carboxylic acids is 1. The second kappa shape index (κ2) is 8.71. The Kier molecular flexibility index (Phi) is 7.74. The van der Waals surface area contributed by atoms with Crippen molar-refractivity contribution in [1.82, 2.24) is 0 Å². The minimum atomic E-state index is -3.98. The van der Waals surface area contributed by atoms with E-state index in [9.17, 15) is 23.4 Å². The van der Waals surface area contributed by atoms with Gasteiger partial charge in [-0.05, 0) is 6.92 Å². The van der Waals surface area contributed by atoms with Gasteiger partial charge in [-0.3, -0.25) is 4.55 Å². The Morgan fingerprint density at radius 1 is 1.20 bits per heavy atom. The molecule has 0 radical (unpaired) electrons. The summed E-state index contributed by atoms with van der Waals surface area (Å²) in [6, 6.07) is 0. The highest BCUT2D eigenvalue weighted by molar-refractivity contribution is 7.85. The maximum atomic E-state index is 11.0. The molecule has 148 valence electrons. The van der Waals surface area contributed by atoms with Gasteiger partial charge in [-0.15, -0.1) is 0 Å². The fraction of sp³-hybridized carbons (Fsp3) is 0.929. The van der Waals surface area contributed by atoms with Gasteiger partial charge in [-0.25, -0.2) is 4.79 Å². The van der Waals surface area contributed by atoms with Gasteiger partial charge in [0.15, 0.2) is 6.10 Å². The highest BCUT2D eigenvalue weighted by Crippen LogP contribution is 2.23. The third kappa shape index (κ3) is 7.13. The van der Waals surface area contributed by atoms with E-state index in [0.717, 1.165) is 0 Å². The number of aliphatic hydroxyl groups is 2. The first-order valence-electron chi connectivity index (χ1n) is 7.97. The minimum Gasteiger partial charge on any atom is -0.479 e. The summed E-state index contributed by atoms with van der Waals surface area (Å²) in [5, 5.41) is 28.8. The van der Waals surface area contributed by atoms with Gasteiger partial charge >= 0.3 is 5.97 Å². The Labute approximate surface area is 147 Å². The van der Waals surface area contributed by atoms with Gasteiger partial charge in [0.05, 0.1) is 39.1 Å². The van der Waals surface area contributed by atoms with Gasteiger partial charge in [-0.1, -0.05) is 0 Å². The zero-order valence-electron chi connectivity index (χ0n) is 14.6. The van der Waals surface area contributed by atoms with Crippen molar-refractivity contribution in [3.63, 3.8) is 0 Å². The lowest BCUT2D eigenvalue weighted by Gasteiger charge is -2.40. The van der Waals surface area contributed by atoms with E-state index in [1.165, 1.54) is 0 Å². The molecule has 0 aromatic heterocycles. The third-order valence-corrected chi connectivity index (χ3v) is 5.04. The van der Waals surface area contributed by atoms with Crippen LogP contribution in [0.15, 0.2) is 0 Å². The molecule has 0 spiro atoms. The lowest BCUT2D eigenvalue weighted by molar-refractivity contribution is -0.890. The van der Waals surface area contributed by atoms with Gasteiger partial charge in [-0.2, -0.15) is 8.42 Å². The van der Waals surface area contributed by atoms with E-state index in [1.807, 2.05) is 14.1 Å². The molecule has 10 nitrogen and oxygen atoms in total. The number of rotatable bonds is 9. The molecule has 2 unspecified atom stereocenters. The summed E-state index contributed by atoms with van der Waals surface area (Å²) in [6.45, 7) is 2.73. The standard InChI is InChI=1S/C14H27NO9S/c1-9-12(10(16)11(17)13(24-9)14(18)19)23-7-6-15(2,3)5-4-8-25(20,21)22/h9-13,16-17H,4-8H2,1-3H3,(H-,18,19,20,21,22)/p+1/t9?,10-,11-,12-,13?/m0/s1. The second-order valence-corrected chi connectivity index (χ2v) is 8.51. The smallest absolute Gasteiger partial charge is 0.335 e. The van der Waals surface area contributed by atoms with Crippen LogP contribution in [0.2, 0.25) is 0 Å². The number of ether oxygens (including phenoxy) is 2. The van der Waals surface area contributed by atoms with Gasteiger partial charge in [0.25, 0.3) is 10.1 Å². The fourth-order valence-electron chi connectivity index (χ4n) is 2.70. The SMILES string of the molecule is CC1OC(C(=O)O)[C@@H](O)[C@H](O)[C@H]1OCC[N+](C)(C)CCCS(=O)(=O)O. The van der Waals surface area contributed by atoms with E-state index in [2.05, 4.69) is 0 Å². The first-order valence-corrected chi connectivity index (χ1v) is 9.58. The van der Waals surface area contributed by atoms with Crippen LogP contribution in [0.4, 0.5) is 0 Å². The molecule has 1 aliphatic rings. The van der Waals surface area contributed by atoms with Crippen molar-refractivity contribution in [2.75, 3.05) is 39.5 Å². The highest BCUT2D eigenvalue weighted by Gasteiger charge is 2.46. The van der Waals surface area contributed by atoms with Crippen molar-refractivity contribution in [3.05, 3.63) is 0 Å². The van der Waals surface area contributed by atoms with Crippen LogP contribution in [-0.4, -0.2) is 109 Å². The maximum absolute atomic E-state index is 11.0. The molecule has 0 aromatic rings. The van der Waals surface area contributed by atoms with Crippen LogP contribution in [0.5, 0.6) is 0 Å². The molecule has 0 amide bonds. The second-order valence-electron chi connectivity index (χ2n) is 6.94. The first-order chi connectivity index (χ1) is 11.3. The summed E-state index contributed by atoms with van der Waals surface area (Å²) >= 11 is 0. The predicted molar refractivity (Wildman–Crippen MR) is 86.6 cm³/mol. The van der Waals surface area contributed by atoms with E-state index in [-0.39, 0.29) is 18.8 Å². The van der Waals surface area contributed by atoms with Crippen LogP contribution < -0.4 is 0 Å². The molecular weight excluding hydrogens is 358 g/mol. The van der Waals surface area contributed by atoms with E-state index >= 15 is 0 Å². The number of carboxylic acid groups (broad SMARTS) is 1. The average molecular weight is 386 g/mol. The Bertz CT molecular complexity index is 551. The molecule has 1 heterocycles. The molecule has 4 N–H and O–H groups in total. The Morgan fingerprint density at radius 2 is 1.80 bits per heavy atom. The Morgan fingerprint density at radius 3 is 2.32 bits per heavy atom. The fourth-order valence-corrected chi connectivity index (χ4v) is 3.20. The molecule has 1 saturated heterocycles. The van der Waals surface area contributed by atoms with Crippen LogP contribution in [0.25, 0.3) is 0 Å². The van der Waals surface area contributed by atoms with Crippen molar-refractivity contribution in [3.8, 4) is 0 Å². The van der Waals surface area contributed by atoms with Gasteiger partial charge < -0.3 is 29.3 Å². The summed E-state index contributed by atoms with van der Waals surface area (Å²) < 4.78 is 41.4. The Balaban J connectivity index is 2.47. The van der Waals surface area contributed by atoms with Crippen LogP contribution in [0.1, 0.15) is 13.3 Å². The van der Waals surface area contributed by atoms with Gasteiger partial charge in [0, 0.05) is 6.42 Å². The molecule has 25 heavy (non-hydrogen) atoms. The normalized spacial score (nSPS) is 31.0. The quantitative estimate of drug-likeness (QED) is 0.269. The maximum Gasteiger partial charge on any atom is 0.335 e. The monoisotopic (exact) mass is 386 g/mol. The summed E-state index contributed by atoms with van der Waals surface area (Å²) in [6.07, 6.45) is -5.78. The zero-order valence-corrected chi connectivity index (χ0v) is 15.4. The van der Waals surface area contributed by atoms with Crippen LogP contribution >= 0.6 is 0 Å². The number of likely N-dealkylation sites (N-methyl/N-ethyl adjacent to an activating group) is 1. The number of aliphatic carboxylic acids is 1. The van der Waals surface area contributed by atoms with E-state index < -0.39 is 46.6 Å². The molecule has 11 heteroatoms. The van der Waals surface area contributed by atoms with Gasteiger partial charge in [0.1, 0.15) is 24.9 Å². The number of quaternary nitrogens is 1. The molecular formula is C14H28NO9S+. The van der Waals surface area contributed by atoms with Crippen molar-refractivity contribution in [2.24, 2.45) is 0 Å². The summed E-state index contributed by atoms with van der Waals surface area (Å²) in [4.78, 5) is 11.0. The zero-order chi connectivity index (χ0) is 19.4. The molecule has 0 saturated carbocycles.